The fourth-order valence-corrected chi connectivity index (χ4v) is 2.02. The van der Waals surface area contributed by atoms with E-state index in [0.29, 0.717) is 5.56 Å². The van der Waals surface area contributed by atoms with Crippen LogP contribution in [0.5, 0.6) is 0 Å². The van der Waals surface area contributed by atoms with Crippen LogP contribution in [0.15, 0.2) is 48.5 Å². The first-order valence-corrected chi connectivity index (χ1v) is 5.79. The van der Waals surface area contributed by atoms with Crippen molar-refractivity contribution in [1.29, 1.82) is 0 Å². The van der Waals surface area contributed by atoms with Crippen LogP contribution in [-0.4, -0.2) is 11.1 Å². The predicted octanol–water partition coefficient (Wildman–Crippen LogP) is 3.57. The number of aliphatic carboxylic acids is 1. The van der Waals surface area contributed by atoms with Gasteiger partial charge in [0.25, 0.3) is 0 Å². The lowest BCUT2D eigenvalue weighted by Crippen LogP contribution is -2.08. The summed E-state index contributed by atoms with van der Waals surface area (Å²) in [5, 5.41) is 8.96. The molecule has 0 aromatic heterocycles. The average molecular weight is 262 g/mol. The van der Waals surface area contributed by atoms with Crippen LogP contribution in [0, 0.1) is 11.6 Å². The molecule has 2 aromatic rings. The predicted molar refractivity (Wildman–Crippen MR) is 66.9 cm³/mol. The van der Waals surface area contributed by atoms with E-state index in [9.17, 15) is 13.6 Å². The van der Waals surface area contributed by atoms with Gasteiger partial charge in [-0.15, -0.1) is 0 Å². The van der Waals surface area contributed by atoms with Crippen LogP contribution in [0.1, 0.15) is 23.5 Å². The second-order valence-electron chi connectivity index (χ2n) is 4.23. The maximum Gasteiger partial charge on any atom is 0.304 e. The Labute approximate surface area is 109 Å². The standard InChI is InChI=1S/C15H12F2O2/c16-13-7-6-11(8-14(13)17)12(9-15(18)19)10-4-2-1-3-5-10/h1-8,12H,9H2,(H,18,19)/t12-/m1/s1. The molecule has 0 heterocycles. The van der Waals surface area contributed by atoms with Crippen molar-refractivity contribution < 1.29 is 18.7 Å². The fraction of sp³-hybridized carbons (Fsp3) is 0.133. The zero-order valence-corrected chi connectivity index (χ0v) is 10.0. The van der Waals surface area contributed by atoms with E-state index in [4.69, 9.17) is 5.11 Å². The van der Waals surface area contributed by atoms with Gasteiger partial charge < -0.3 is 5.11 Å². The number of carboxylic acid groups (broad SMARTS) is 1. The van der Waals surface area contributed by atoms with E-state index in [1.807, 2.05) is 6.07 Å². The molecule has 2 aromatic carbocycles. The van der Waals surface area contributed by atoms with Crippen molar-refractivity contribution >= 4 is 5.97 Å². The summed E-state index contributed by atoms with van der Waals surface area (Å²) in [6.45, 7) is 0. The SMILES string of the molecule is O=C(O)C[C@H](c1ccccc1)c1ccc(F)c(F)c1. The molecule has 0 spiro atoms. The molecule has 0 bridgehead atoms. The van der Waals surface area contributed by atoms with Crippen LogP contribution in [0.4, 0.5) is 8.78 Å². The molecule has 0 aliphatic heterocycles. The maximum absolute atomic E-state index is 13.3. The second kappa shape index (κ2) is 5.61. The number of rotatable bonds is 4. The molecule has 1 N–H and O–H groups in total. The Kier molecular flexibility index (Phi) is 3.90. The molecule has 0 aliphatic carbocycles. The van der Waals surface area contributed by atoms with Crippen LogP contribution in [0.3, 0.4) is 0 Å². The van der Waals surface area contributed by atoms with E-state index in [1.165, 1.54) is 6.07 Å². The monoisotopic (exact) mass is 262 g/mol. The van der Waals surface area contributed by atoms with Crippen molar-refractivity contribution in [3.05, 3.63) is 71.3 Å². The van der Waals surface area contributed by atoms with Crippen molar-refractivity contribution in [3.8, 4) is 0 Å². The first kappa shape index (κ1) is 13.2. The smallest absolute Gasteiger partial charge is 0.304 e. The van der Waals surface area contributed by atoms with Crippen LogP contribution in [0.25, 0.3) is 0 Å². The summed E-state index contributed by atoms with van der Waals surface area (Å²) in [5.74, 6) is -3.39. The van der Waals surface area contributed by atoms with Crippen molar-refractivity contribution in [2.75, 3.05) is 0 Å². The molecule has 1 atom stereocenters. The highest BCUT2D eigenvalue weighted by atomic mass is 19.2. The summed E-state index contributed by atoms with van der Waals surface area (Å²) in [5.41, 5.74) is 1.21. The van der Waals surface area contributed by atoms with Gasteiger partial charge in [0.15, 0.2) is 11.6 Å². The van der Waals surface area contributed by atoms with Crippen LogP contribution < -0.4 is 0 Å². The van der Waals surface area contributed by atoms with Crippen molar-refractivity contribution in [3.63, 3.8) is 0 Å². The Morgan fingerprint density at radius 2 is 1.68 bits per heavy atom. The summed E-state index contributed by atoms with van der Waals surface area (Å²) in [7, 11) is 0. The molecule has 98 valence electrons. The lowest BCUT2D eigenvalue weighted by atomic mass is 9.88. The fourth-order valence-electron chi connectivity index (χ4n) is 2.02. The van der Waals surface area contributed by atoms with E-state index in [1.54, 1.807) is 24.3 Å². The van der Waals surface area contributed by atoms with Crippen molar-refractivity contribution in [2.45, 2.75) is 12.3 Å². The van der Waals surface area contributed by atoms with E-state index in [-0.39, 0.29) is 6.42 Å². The molecule has 19 heavy (non-hydrogen) atoms. The number of benzene rings is 2. The molecule has 2 rings (SSSR count). The summed E-state index contributed by atoms with van der Waals surface area (Å²) in [6.07, 6.45) is -0.172. The highest BCUT2D eigenvalue weighted by molar-refractivity contribution is 5.69. The van der Waals surface area contributed by atoms with Crippen molar-refractivity contribution in [2.24, 2.45) is 0 Å². The summed E-state index contributed by atoms with van der Waals surface area (Å²) in [6, 6.07) is 12.4. The second-order valence-corrected chi connectivity index (χ2v) is 4.23. The first-order chi connectivity index (χ1) is 9.08. The van der Waals surface area contributed by atoms with Crippen molar-refractivity contribution in [1.82, 2.24) is 0 Å². The lowest BCUT2D eigenvalue weighted by Gasteiger charge is -2.16. The van der Waals surface area contributed by atoms with Gasteiger partial charge in [-0.25, -0.2) is 8.78 Å². The summed E-state index contributed by atoms with van der Waals surface area (Å²) in [4.78, 5) is 10.9. The van der Waals surface area contributed by atoms with Gasteiger partial charge in [-0.05, 0) is 23.3 Å². The highest BCUT2D eigenvalue weighted by Gasteiger charge is 2.19. The largest absolute Gasteiger partial charge is 0.481 e. The van der Waals surface area contributed by atoms with Gasteiger partial charge in [-0.2, -0.15) is 0 Å². The van der Waals surface area contributed by atoms with E-state index >= 15 is 0 Å². The van der Waals surface area contributed by atoms with Gasteiger partial charge in [0, 0.05) is 5.92 Å². The molecule has 0 aliphatic rings. The Hall–Kier alpha value is -2.23. The Morgan fingerprint density at radius 1 is 1.00 bits per heavy atom. The normalized spacial score (nSPS) is 12.1. The van der Waals surface area contributed by atoms with Gasteiger partial charge in [-0.3, -0.25) is 4.79 Å². The molecule has 4 heteroatoms. The molecule has 0 amide bonds. The summed E-state index contributed by atoms with van der Waals surface area (Å²) < 4.78 is 26.2. The lowest BCUT2D eigenvalue weighted by molar-refractivity contribution is -0.137. The molecule has 2 nitrogen and oxygen atoms in total. The topological polar surface area (TPSA) is 37.3 Å². The number of hydrogen-bond acceptors (Lipinski definition) is 1. The van der Waals surface area contributed by atoms with Crippen LogP contribution >= 0.6 is 0 Å². The third kappa shape index (κ3) is 3.16. The Balaban J connectivity index is 2.42. The molecule has 0 fully saturated rings. The Bertz CT molecular complexity index is 582. The molecular weight excluding hydrogens is 250 g/mol. The quantitative estimate of drug-likeness (QED) is 0.914. The van der Waals surface area contributed by atoms with Gasteiger partial charge in [0.05, 0.1) is 6.42 Å². The Morgan fingerprint density at radius 3 is 2.26 bits per heavy atom. The van der Waals surface area contributed by atoms with Gasteiger partial charge in [0.1, 0.15) is 0 Å². The van der Waals surface area contributed by atoms with Gasteiger partial charge in [-0.1, -0.05) is 36.4 Å². The number of halogens is 2. The molecular formula is C15H12F2O2. The van der Waals surface area contributed by atoms with Crippen LogP contribution in [-0.2, 0) is 4.79 Å². The zero-order valence-electron chi connectivity index (χ0n) is 10.0. The highest BCUT2D eigenvalue weighted by Crippen LogP contribution is 2.28. The minimum atomic E-state index is -0.987. The molecule has 0 unspecified atom stereocenters. The number of carboxylic acids is 1. The summed E-state index contributed by atoms with van der Waals surface area (Å²) >= 11 is 0. The number of carbonyl (C=O) groups is 1. The van der Waals surface area contributed by atoms with Crippen LogP contribution in [0.2, 0.25) is 0 Å². The van der Waals surface area contributed by atoms with E-state index in [2.05, 4.69) is 0 Å². The number of hydrogen-bond donors (Lipinski definition) is 1. The zero-order chi connectivity index (χ0) is 13.8. The van der Waals surface area contributed by atoms with Gasteiger partial charge >= 0.3 is 5.97 Å². The maximum atomic E-state index is 13.3. The van der Waals surface area contributed by atoms with E-state index in [0.717, 1.165) is 17.7 Å². The molecule has 0 saturated carbocycles. The van der Waals surface area contributed by atoms with E-state index < -0.39 is 23.5 Å². The minimum absolute atomic E-state index is 0.172. The third-order valence-corrected chi connectivity index (χ3v) is 2.93. The molecule has 0 radical (unpaired) electrons. The average Bonchev–Trinajstić information content (AvgIpc) is 2.40. The minimum Gasteiger partial charge on any atom is -0.481 e. The third-order valence-electron chi connectivity index (χ3n) is 2.93. The van der Waals surface area contributed by atoms with Gasteiger partial charge in [0.2, 0.25) is 0 Å². The molecule has 0 saturated heterocycles. The first-order valence-electron chi connectivity index (χ1n) is 5.79.